The lowest BCUT2D eigenvalue weighted by molar-refractivity contribution is -0.137. The minimum atomic E-state index is -4.39. The molecule has 0 radical (unpaired) electrons. The molecule has 0 aliphatic carbocycles. The van der Waals surface area contributed by atoms with Crippen molar-refractivity contribution in [2.75, 3.05) is 32.1 Å². The Hall–Kier alpha value is -1.65. The largest absolute Gasteiger partial charge is 0.416 e. The van der Waals surface area contributed by atoms with Crippen molar-refractivity contribution in [2.45, 2.75) is 25.6 Å². The number of hydrogen-bond acceptors (Lipinski definition) is 3. The van der Waals surface area contributed by atoms with Gasteiger partial charge in [-0.2, -0.15) is 24.9 Å². The first kappa shape index (κ1) is 21.4. The first-order valence-corrected chi connectivity index (χ1v) is 9.25. The summed E-state index contributed by atoms with van der Waals surface area (Å²) in [4.78, 5) is 13.8. The average Bonchev–Trinajstić information content (AvgIpc) is 2.56. The summed E-state index contributed by atoms with van der Waals surface area (Å²) in [6, 6.07) is 5.12. The molecular weight excluding hydrogens is 349 g/mol. The van der Waals surface area contributed by atoms with Crippen molar-refractivity contribution in [1.82, 2.24) is 10.2 Å². The van der Waals surface area contributed by atoms with E-state index >= 15 is 0 Å². The van der Waals surface area contributed by atoms with Gasteiger partial charge in [-0.15, -0.1) is 0 Å². The van der Waals surface area contributed by atoms with Crippen LogP contribution in [0.4, 0.5) is 13.2 Å². The predicted octanol–water partition coefficient (Wildman–Crippen LogP) is 3.25. The number of nitrogens with one attached hydrogen (secondary N) is 1. The maximum atomic E-state index is 12.6. The van der Waals surface area contributed by atoms with Crippen LogP contribution in [0.5, 0.6) is 0 Å². The monoisotopic (exact) mass is 372 g/mol. The Balaban J connectivity index is 2.45. The molecule has 0 spiro atoms. The van der Waals surface area contributed by atoms with Gasteiger partial charge in [-0.05, 0) is 50.6 Å². The highest BCUT2D eigenvalue weighted by atomic mass is 32.2. The molecule has 3 nitrogen and oxygen atoms in total. The second-order valence-corrected chi connectivity index (χ2v) is 6.69. The van der Waals surface area contributed by atoms with E-state index < -0.39 is 11.7 Å². The topological polar surface area (TPSA) is 32.3 Å². The second kappa shape index (κ2) is 10.4. The van der Waals surface area contributed by atoms with Crippen molar-refractivity contribution in [3.63, 3.8) is 0 Å². The fourth-order valence-corrected chi connectivity index (χ4v) is 2.59. The van der Waals surface area contributed by atoms with E-state index in [0.29, 0.717) is 6.04 Å². The van der Waals surface area contributed by atoms with Gasteiger partial charge in [-0.3, -0.25) is 9.69 Å². The van der Waals surface area contributed by atoms with Gasteiger partial charge in [-0.25, -0.2) is 0 Å². The molecule has 1 aromatic carbocycles. The van der Waals surface area contributed by atoms with Crippen LogP contribution in [-0.4, -0.2) is 49.0 Å². The van der Waals surface area contributed by atoms with E-state index in [9.17, 15) is 18.0 Å². The van der Waals surface area contributed by atoms with Crippen LogP contribution in [0.3, 0.4) is 0 Å². The van der Waals surface area contributed by atoms with Crippen molar-refractivity contribution in [3.05, 3.63) is 35.4 Å². The lowest BCUT2D eigenvalue weighted by Crippen LogP contribution is -2.39. The van der Waals surface area contributed by atoms with Crippen molar-refractivity contribution >= 4 is 17.7 Å². The van der Waals surface area contributed by atoms with Crippen LogP contribution >= 0.6 is 11.8 Å². The van der Waals surface area contributed by atoms with Gasteiger partial charge in [0, 0.05) is 11.6 Å². The maximum Gasteiger partial charge on any atom is 0.416 e. The fourth-order valence-electron chi connectivity index (χ4n) is 2.01. The third kappa shape index (κ3) is 8.32. The van der Waals surface area contributed by atoms with Crippen LogP contribution in [0.25, 0.3) is 0 Å². The third-order valence-corrected chi connectivity index (χ3v) is 4.33. The van der Waals surface area contributed by atoms with E-state index in [1.54, 1.807) is 11.8 Å². The quantitative estimate of drug-likeness (QED) is 0.746. The molecule has 0 aromatic heterocycles. The van der Waals surface area contributed by atoms with E-state index in [4.69, 9.17) is 0 Å². The molecule has 1 atom stereocenters. The molecule has 138 valence electrons. The van der Waals surface area contributed by atoms with Crippen LogP contribution in [0.2, 0.25) is 0 Å². The Morgan fingerprint density at radius 3 is 2.76 bits per heavy atom. The minimum absolute atomic E-state index is 0.0993. The van der Waals surface area contributed by atoms with Crippen molar-refractivity contribution in [2.24, 2.45) is 0 Å². The zero-order valence-electron chi connectivity index (χ0n) is 14.6. The number of thioether (sulfide) groups is 1. The number of carbonyl (C=O) groups excluding carboxylic acids is 1. The normalized spacial score (nSPS) is 12.4. The summed E-state index contributed by atoms with van der Waals surface area (Å²) < 4.78 is 37.8. The highest BCUT2D eigenvalue weighted by molar-refractivity contribution is 7.98. The fraction of sp³-hybridized carbons (Fsp3) is 0.500. The Kier molecular flexibility index (Phi) is 8.87. The summed E-state index contributed by atoms with van der Waals surface area (Å²) >= 11 is 1.77. The smallest absolute Gasteiger partial charge is 0.344 e. The third-order valence-electron chi connectivity index (χ3n) is 3.68. The van der Waals surface area contributed by atoms with Crippen LogP contribution < -0.4 is 5.32 Å². The van der Waals surface area contributed by atoms with E-state index in [1.165, 1.54) is 12.1 Å². The zero-order valence-corrected chi connectivity index (χ0v) is 15.4. The van der Waals surface area contributed by atoms with Gasteiger partial charge in [0.2, 0.25) is 5.91 Å². The van der Waals surface area contributed by atoms with E-state index in [-0.39, 0.29) is 24.6 Å². The van der Waals surface area contributed by atoms with E-state index in [2.05, 4.69) is 24.1 Å². The summed E-state index contributed by atoms with van der Waals surface area (Å²) in [7, 11) is 1.89. The van der Waals surface area contributed by atoms with Gasteiger partial charge < -0.3 is 5.32 Å². The molecule has 0 aliphatic rings. The molecule has 0 saturated heterocycles. The van der Waals surface area contributed by atoms with Crippen LogP contribution in [0, 0.1) is 11.8 Å². The van der Waals surface area contributed by atoms with Gasteiger partial charge in [0.15, 0.2) is 0 Å². The Labute approximate surface area is 151 Å². The van der Waals surface area contributed by atoms with Gasteiger partial charge in [0.05, 0.1) is 18.7 Å². The van der Waals surface area contributed by atoms with Crippen molar-refractivity contribution in [3.8, 4) is 11.8 Å². The lowest BCUT2D eigenvalue weighted by atomic mass is 10.1. The van der Waals surface area contributed by atoms with E-state index in [1.807, 2.05) is 18.2 Å². The van der Waals surface area contributed by atoms with Gasteiger partial charge >= 0.3 is 6.18 Å². The Morgan fingerprint density at radius 1 is 1.40 bits per heavy atom. The summed E-state index contributed by atoms with van der Waals surface area (Å²) in [6.07, 6.45) is -1.34. The number of benzene rings is 1. The first-order valence-electron chi connectivity index (χ1n) is 7.86. The highest BCUT2D eigenvalue weighted by Gasteiger charge is 2.30. The molecule has 0 aliphatic heterocycles. The minimum Gasteiger partial charge on any atom is -0.344 e. The Bertz CT molecular complexity index is 623. The molecule has 0 fully saturated rings. The SMILES string of the molecule is CSCCC(C)N(C)CC(=O)NCC#Cc1cccc(C(F)(F)F)c1. The molecule has 0 heterocycles. The average molecular weight is 372 g/mol. The number of halogens is 3. The number of alkyl halides is 3. The van der Waals surface area contributed by atoms with Crippen LogP contribution in [0.1, 0.15) is 24.5 Å². The summed E-state index contributed by atoms with van der Waals surface area (Å²) in [5, 5.41) is 2.66. The molecule has 7 heteroatoms. The predicted molar refractivity (Wildman–Crippen MR) is 96.4 cm³/mol. The van der Waals surface area contributed by atoms with Gasteiger partial charge in [0.25, 0.3) is 0 Å². The summed E-state index contributed by atoms with van der Waals surface area (Å²) in [5.41, 5.74) is -0.462. The number of hydrogen-bond donors (Lipinski definition) is 1. The number of carbonyl (C=O) groups is 1. The standard InChI is InChI=1S/C18H23F3N2OS/c1-14(9-11-25-3)23(2)13-17(24)22-10-5-7-15-6-4-8-16(12-15)18(19,20)21/h4,6,8,12,14H,9-11,13H2,1-3H3,(H,22,24). The molecular formula is C18H23F3N2OS. The number of likely N-dealkylation sites (N-methyl/N-ethyl adjacent to an activating group) is 1. The molecule has 1 rings (SSSR count). The molecule has 25 heavy (non-hydrogen) atoms. The second-order valence-electron chi connectivity index (χ2n) is 5.70. The van der Waals surface area contributed by atoms with Crippen molar-refractivity contribution < 1.29 is 18.0 Å². The molecule has 1 N–H and O–H groups in total. The summed E-state index contributed by atoms with van der Waals surface area (Å²) in [6.45, 7) is 2.43. The van der Waals surface area contributed by atoms with Gasteiger partial charge in [0.1, 0.15) is 0 Å². The Morgan fingerprint density at radius 2 is 2.12 bits per heavy atom. The lowest BCUT2D eigenvalue weighted by Gasteiger charge is -2.23. The number of amides is 1. The molecule has 1 aromatic rings. The zero-order chi connectivity index (χ0) is 18.9. The molecule has 1 amide bonds. The van der Waals surface area contributed by atoms with Crippen LogP contribution in [-0.2, 0) is 11.0 Å². The van der Waals surface area contributed by atoms with Gasteiger partial charge in [-0.1, -0.05) is 17.9 Å². The van der Waals surface area contributed by atoms with Crippen LogP contribution in [0.15, 0.2) is 24.3 Å². The maximum absolute atomic E-state index is 12.6. The molecule has 0 bridgehead atoms. The highest BCUT2D eigenvalue weighted by Crippen LogP contribution is 2.29. The van der Waals surface area contributed by atoms with E-state index in [0.717, 1.165) is 24.3 Å². The molecule has 1 unspecified atom stereocenters. The van der Waals surface area contributed by atoms with Crippen molar-refractivity contribution in [1.29, 1.82) is 0 Å². The first-order chi connectivity index (χ1) is 11.7. The summed E-state index contributed by atoms with van der Waals surface area (Å²) in [5.74, 6) is 6.19. The number of rotatable bonds is 7. The molecule has 0 saturated carbocycles. The number of nitrogens with zero attached hydrogens (tertiary/aromatic N) is 1.